The number of unbranched alkanes of at least 4 members (excludes halogenated alkanes) is 1. The molecule has 1 N–H and O–H groups in total. The van der Waals surface area contributed by atoms with Gasteiger partial charge in [0.05, 0.1) is 0 Å². The lowest BCUT2D eigenvalue weighted by atomic mass is 10.2. The van der Waals surface area contributed by atoms with Gasteiger partial charge in [-0.1, -0.05) is 36.4 Å². The summed E-state index contributed by atoms with van der Waals surface area (Å²) in [6.45, 7) is 4.39. The van der Waals surface area contributed by atoms with Gasteiger partial charge >= 0.3 is 0 Å². The zero-order valence-corrected chi connectivity index (χ0v) is 15.4. The van der Waals surface area contributed by atoms with Crippen LogP contribution in [0.3, 0.4) is 0 Å². The second-order valence-electron chi connectivity index (χ2n) is 6.18. The summed E-state index contributed by atoms with van der Waals surface area (Å²) in [6, 6.07) is 15.7. The molecule has 0 amide bonds. The molecular weight excluding hydrogens is 312 g/mol. The van der Waals surface area contributed by atoms with Gasteiger partial charge in [0.2, 0.25) is 0 Å². The summed E-state index contributed by atoms with van der Waals surface area (Å²) in [5.74, 6) is 0.886. The molecule has 1 heterocycles. The van der Waals surface area contributed by atoms with Crippen molar-refractivity contribution in [3.63, 3.8) is 0 Å². The number of aryl methyl sites for hydroxylation is 1. The van der Waals surface area contributed by atoms with Crippen LogP contribution in [0.2, 0.25) is 0 Å². The minimum absolute atomic E-state index is 0.0753. The van der Waals surface area contributed by atoms with Crippen LogP contribution in [0, 0.1) is 6.92 Å². The van der Waals surface area contributed by atoms with Crippen LogP contribution in [-0.2, 0) is 13.1 Å². The van der Waals surface area contributed by atoms with Crippen LogP contribution in [0.5, 0.6) is 0 Å². The van der Waals surface area contributed by atoms with Gasteiger partial charge in [0.1, 0.15) is 0 Å². The van der Waals surface area contributed by atoms with E-state index in [4.69, 9.17) is 0 Å². The van der Waals surface area contributed by atoms with Gasteiger partial charge in [-0.25, -0.2) is 0 Å². The number of rotatable bonds is 7. The second kappa shape index (κ2) is 9.67. The van der Waals surface area contributed by atoms with Crippen molar-refractivity contribution >= 4 is 5.96 Å². The molecule has 25 heavy (non-hydrogen) atoms. The molecule has 134 valence electrons. The van der Waals surface area contributed by atoms with Crippen LogP contribution in [0.25, 0.3) is 0 Å². The van der Waals surface area contributed by atoms with Crippen LogP contribution in [0.4, 0.5) is 0 Å². The quantitative estimate of drug-likeness (QED) is 0.479. The minimum Gasteiger partial charge on any atom is -0.356 e. The first-order valence-electron chi connectivity index (χ1n) is 8.74. The van der Waals surface area contributed by atoms with E-state index in [1.807, 2.05) is 48.9 Å². The highest BCUT2D eigenvalue weighted by Crippen LogP contribution is 2.03. The molecule has 5 heteroatoms. The number of nitrogens with zero attached hydrogens (tertiary/aromatic N) is 3. The van der Waals surface area contributed by atoms with E-state index in [1.54, 1.807) is 13.1 Å². The van der Waals surface area contributed by atoms with Crippen LogP contribution < -0.4 is 10.9 Å². The molecule has 1 aromatic carbocycles. The van der Waals surface area contributed by atoms with Crippen molar-refractivity contribution < 1.29 is 0 Å². The number of pyridine rings is 1. The van der Waals surface area contributed by atoms with Gasteiger partial charge < -0.3 is 14.8 Å². The van der Waals surface area contributed by atoms with E-state index in [-0.39, 0.29) is 5.56 Å². The van der Waals surface area contributed by atoms with E-state index in [0.29, 0.717) is 0 Å². The number of aromatic nitrogens is 1. The second-order valence-corrected chi connectivity index (χ2v) is 6.18. The molecular formula is C20H28N4O. The number of guanidine groups is 1. The van der Waals surface area contributed by atoms with E-state index in [2.05, 4.69) is 27.3 Å². The zero-order valence-electron chi connectivity index (χ0n) is 15.4. The summed E-state index contributed by atoms with van der Waals surface area (Å²) in [5, 5.41) is 3.39. The van der Waals surface area contributed by atoms with Crippen LogP contribution >= 0.6 is 0 Å². The van der Waals surface area contributed by atoms with Gasteiger partial charge in [-0.2, -0.15) is 0 Å². The molecule has 1 aromatic heterocycles. The maximum absolute atomic E-state index is 11.8. The van der Waals surface area contributed by atoms with Crippen LogP contribution in [0.15, 0.2) is 58.3 Å². The lowest BCUT2D eigenvalue weighted by molar-refractivity contribution is 0.472. The van der Waals surface area contributed by atoms with Gasteiger partial charge in [0.25, 0.3) is 5.56 Å². The largest absolute Gasteiger partial charge is 0.356 e. The maximum atomic E-state index is 11.8. The minimum atomic E-state index is 0.0753. The molecule has 0 atom stereocenters. The maximum Gasteiger partial charge on any atom is 0.250 e. The molecule has 0 saturated heterocycles. The fraction of sp³-hybridized carbons (Fsp3) is 0.400. The van der Waals surface area contributed by atoms with Crippen molar-refractivity contribution in [3.8, 4) is 0 Å². The number of benzene rings is 1. The topological polar surface area (TPSA) is 49.6 Å². The molecule has 2 aromatic rings. The molecule has 0 unspecified atom stereocenters. The first-order chi connectivity index (χ1) is 12.1. The predicted molar refractivity (Wildman–Crippen MR) is 104 cm³/mol. The molecule has 0 radical (unpaired) electrons. The van der Waals surface area contributed by atoms with Crippen LogP contribution in [0.1, 0.15) is 24.1 Å². The average molecular weight is 340 g/mol. The standard InChI is InChI=1S/C20H28N4O/c1-17-10-9-13-19(25)24(17)15-8-7-14-22-20(21-2)23(3)16-18-11-5-4-6-12-18/h4-6,9-13H,7-8,14-16H2,1-3H3,(H,21,22). The van der Waals surface area contributed by atoms with Crippen molar-refractivity contribution in [2.75, 3.05) is 20.6 Å². The van der Waals surface area contributed by atoms with Gasteiger partial charge in [-0.15, -0.1) is 0 Å². The van der Waals surface area contributed by atoms with E-state index in [1.165, 1.54) is 5.56 Å². The van der Waals surface area contributed by atoms with Crippen molar-refractivity contribution in [1.29, 1.82) is 0 Å². The third-order valence-corrected chi connectivity index (χ3v) is 4.20. The lowest BCUT2D eigenvalue weighted by Crippen LogP contribution is -2.39. The zero-order chi connectivity index (χ0) is 18.1. The highest BCUT2D eigenvalue weighted by molar-refractivity contribution is 5.79. The SMILES string of the molecule is CN=C(NCCCCn1c(C)cccc1=O)N(C)Cc1ccccc1. The number of nitrogens with one attached hydrogen (secondary N) is 1. The molecule has 0 spiro atoms. The Balaban J connectivity index is 1.75. The van der Waals surface area contributed by atoms with Gasteiger partial charge in [0, 0.05) is 45.5 Å². The molecule has 0 fully saturated rings. The fourth-order valence-corrected chi connectivity index (χ4v) is 2.82. The van der Waals surface area contributed by atoms with E-state index >= 15 is 0 Å². The van der Waals surface area contributed by atoms with E-state index in [9.17, 15) is 4.79 Å². The van der Waals surface area contributed by atoms with E-state index in [0.717, 1.165) is 44.1 Å². The smallest absolute Gasteiger partial charge is 0.250 e. The molecule has 5 nitrogen and oxygen atoms in total. The molecule has 0 bridgehead atoms. The van der Waals surface area contributed by atoms with Crippen LogP contribution in [-0.4, -0.2) is 36.1 Å². The van der Waals surface area contributed by atoms with E-state index < -0.39 is 0 Å². The lowest BCUT2D eigenvalue weighted by Gasteiger charge is -2.22. The van der Waals surface area contributed by atoms with Crippen molar-refractivity contribution in [3.05, 3.63) is 70.1 Å². The summed E-state index contributed by atoms with van der Waals surface area (Å²) in [5.41, 5.74) is 2.34. The highest BCUT2D eigenvalue weighted by Gasteiger charge is 2.06. The number of aliphatic imine (C=N–C) groups is 1. The van der Waals surface area contributed by atoms with Crippen molar-refractivity contribution in [2.24, 2.45) is 4.99 Å². The third-order valence-electron chi connectivity index (χ3n) is 4.20. The Hall–Kier alpha value is -2.56. The summed E-state index contributed by atoms with van der Waals surface area (Å²) in [7, 11) is 3.84. The number of hydrogen-bond acceptors (Lipinski definition) is 2. The Morgan fingerprint density at radius 1 is 1.12 bits per heavy atom. The Kier molecular flexibility index (Phi) is 7.26. The normalized spacial score (nSPS) is 11.4. The molecule has 0 aliphatic heterocycles. The number of hydrogen-bond donors (Lipinski definition) is 1. The highest BCUT2D eigenvalue weighted by atomic mass is 16.1. The first kappa shape index (κ1) is 18.8. The average Bonchev–Trinajstić information content (AvgIpc) is 2.61. The Bertz CT molecular complexity index is 737. The predicted octanol–water partition coefficient (Wildman–Crippen LogP) is 2.64. The Morgan fingerprint density at radius 2 is 1.88 bits per heavy atom. The van der Waals surface area contributed by atoms with Crippen molar-refractivity contribution in [2.45, 2.75) is 32.9 Å². The monoisotopic (exact) mass is 340 g/mol. The summed E-state index contributed by atoms with van der Waals surface area (Å²) in [6.07, 6.45) is 1.94. The van der Waals surface area contributed by atoms with Gasteiger partial charge in [-0.05, 0) is 31.4 Å². The first-order valence-corrected chi connectivity index (χ1v) is 8.74. The molecule has 0 aliphatic carbocycles. The third kappa shape index (κ3) is 5.78. The summed E-state index contributed by atoms with van der Waals surface area (Å²) < 4.78 is 1.83. The summed E-state index contributed by atoms with van der Waals surface area (Å²) >= 11 is 0. The van der Waals surface area contributed by atoms with Gasteiger partial charge in [0.15, 0.2) is 5.96 Å². The van der Waals surface area contributed by atoms with Gasteiger partial charge in [-0.3, -0.25) is 9.79 Å². The van der Waals surface area contributed by atoms with Crippen molar-refractivity contribution in [1.82, 2.24) is 14.8 Å². The Morgan fingerprint density at radius 3 is 2.56 bits per heavy atom. The fourth-order valence-electron chi connectivity index (χ4n) is 2.82. The summed E-state index contributed by atoms with van der Waals surface area (Å²) in [4.78, 5) is 18.3. The molecule has 0 saturated carbocycles. The molecule has 2 rings (SSSR count). The Labute approximate surface area is 150 Å². The molecule has 0 aliphatic rings.